The first-order chi connectivity index (χ1) is 15.1. The van der Waals surface area contributed by atoms with Crippen LogP contribution in [-0.2, 0) is 14.4 Å². The number of hydrogen-bond donors (Lipinski definition) is 3. The first-order valence-electron chi connectivity index (χ1n) is 10.2. The van der Waals surface area contributed by atoms with E-state index in [0.29, 0.717) is 20.7 Å². The van der Waals surface area contributed by atoms with E-state index in [2.05, 4.69) is 21.2 Å². The minimum absolute atomic E-state index is 0.0720. The number of nitrogens with zero attached hydrogens (tertiary/aromatic N) is 1. The summed E-state index contributed by atoms with van der Waals surface area (Å²) in [4.78, 5) is 40.9. The maximum Gasteiger partial charge on any atom is 0.324 e. The first kappa shape index (κ1) is 22.8. The minimum atomic E-state index is -1.67. The van der Waals surface area contributed by atoms with Gasteiger partial charge in [-0.2, -0.15) is 0 Å². The number of phenols is 1. The topological polar surface area (TPSA) is 107 Å². The molecule has 2 saturated heterocycles. The predicted octanol–water partition coefficient (Wildman–Crippen LogP) is 4.13. The van der Waals surface area contributed by atoms with Crippen LogP contribution in [0.3, 0.4) is 0 Å². The molecule has 2 aliphatic rings. The lowest BCUT2D eigenvalue weighted by atomic mass is 9.75. The van der Waals surface area contributed by atoms with Gasteiger partial charge in [-0.15, -0.1) is 0 Å². The molecule has 0 saturated carbocycles. The SMILES string of the molecule is CC(C)C[C@]1(C(=O)O)N[C@H](c2cc(Br)ccc2O)[C@@H]2C(=O)N(c3cccc(Cl)c3)C(=O)[C@H]21. The molecule has 2 fully saturated rings. The lowest BCUT2D eigenvalue weighted by Crippen LogP contribution is -2.56. The molecule has 2 heterocycles. The van der Waals surface area contributed by atoms with Gasteiger partial charge in [0.05, 0.1) is 17.5 Å². The summed E-state index contributed by atoms with van der Waals surface area (Å²) in [6.07, 6.45) is 0.136. The smallest absolute Gasteiger partial charge is 0.324 e. The number of imide groups is 1. The Hall–Kier alpha value is -2.42. The fourth-order valence-corrected chi connectivity index (χ4v) is 5.59. The number of halogens is 2. The molecular weight excluding hydrogens is 500 g/mol. The molecule has 4 rings (SSSR count). The molecule has 0 bridgehead atoms. The zero-order valence-electron chi connectivity index (χ0n) is 17.4. The van der Waals surface area contributed by atoms with Crippen LogP contribution in [0.1, 0.15) is 31.9 Å². The monoisotopic (exact) mass is 520 g/mol. The van der Waals surface area contributed by atoms with E-state index in [-0.39, 0.29) is 18.1 Å². The van der Waals surface area contributed by atoms with Crippen LogP contribution in [0.5, 0.6) is 5.75 Å². The third kappa shape index (κ3) is 3.50. The number of aliphatic carboxylic acids is 1. The average Bonchev–Trinajstić information content (AvgIpc) is 3.18. The molecule has 32 heavy (non-hydrogen) atoms. The van der Waals surface area contributed by atoms with Gasteiger partial charge in [0.1, 0.15) is 11.3 Å². The van der Waals surface area contributed by atoms with Gasteiger partial charge in [-0.3, -0.25) is 19.7 Å². The zero-order chi connectivity index (χ0) is 23.4. The van der Waals surface area contributed by atoms with E-state index in [1.807, 2.05) is 13.8 Å². The number of benzene rings is 2. The Morgan fingerprint density at radius 2 is 1.94 bits per heavy atom. The van der Waals surface area contributed by atoms with Crippen molar-refractivity contribution in [2.45, 2.75) is 31.8 Å². The van der Waals surface area contributed by atoms with E-state index in [0.717, 1.165) is 4.90 Å². The van der Waals surface area contributed by atoms with Gasteiger partial charge in [-0.1, -0.05) is 47.4 Å². The average molecular weight is 522 g/mol. The van der Waals surface area contributed by atoms with Crippen molar-refractivity contribution in [1.82, 2.24) is 5.32 Å². The summed E-state index contributed by atoms with van der Waals surface area (Å²) in [7, 11) is 0. The molecule has 0 spiro atoms. The highest BCUT2D eigenvalue weighted by Gasteiger charge is 2.68. The summed E-state index contributed by atoms with van der Waals surface area (Å²) >= 11 is 9.45. The van der Waals surface area contributed by atoms with Gasteiger partial charge in [0.15, 0.2) is 0 Å². The molecule has 2 aliphatic heterocycles. The number of aromatic hydroxyl groups is 1. The van der Waals surface area contributed by atoms with Crippen molar-refractivity contribution in [3.63, 3.8) is 0 Å². The summed E-state index contributed by atoms with van der Waals surface area (Å²) in [5.41, 5.74) is -1.02. The molecule has 7 nitrogen and oxygen atoms in total. The van der Waals surface area contributed by atoms with Crippen LogP contribution < -0.4 is 10.2 Å². The molecule has 2 amide bonds. The number of fused-ring (bicyclic) bond motifs is 1. The number of hydrogen-bond acceptors (Lipinski definition) is 5. The summed E-state index contributed by atoms with van der Waals surface area (Å²) in [5, 5.41) is 24.3. The van der Waals surface area contributed by atoms with E-state index < -0.39 is 41.2 Å². The van der Waals surface area contributed by atoms with Crippen LogP contribution in [0.25, 0.3) is 0 Å². The van der Waals surface area contributed by atoms with Crippen molar-refractivity contribution in [2.75, 3.05) is 4.90 Å². The number of rotatable bonds is 5. The first-order valence-corrected chi connectivity index (χ1v) is 11.4. The lowest BCUT2D eigenvalue weighted by molar-refractivity contribution is -0.149. The second-order valence-corrected chi connectivity index (χ2v) is 10.0. The van der Waals surface area contributed by atoms with Crippen LogP contribution in [-0.4, -0.2) is 33.5 Å². The molecular formula is C23H22BrClN2O5. The van der Waals surface area contributed by atoms with Crippen molar-refractivity contribution in [3.05, 3.63) is 57.5 Å². The van der Waals surface area contributed by atoms with Gasteiger partial charge >= 0.3 is 5.97 Å². The molecule has 4 atom stereocenters. The highest BCUT2D eigenvalue weighted by molar-refractivity contribution is 9.10. The quantitative estimate of drug-likeness (QED) is 0.511. The number of amides is 2. The van der Waals surface area contributed by atoms with Crippen molar-refractivity contribution in [1.29, 1.82) is 0 Å². The predicted molar refractivity (Wildman–Crippen MR) is 122 cm³/mol. The number of anilines is 1. The van der Waals surface area contributed by atoms with Gasteiger partial charge in [-0.25, -0.2) is 4.90 Å². The fourth-order valence-electron chi connectivity index (χ4n) is 5.03. The van der Waals surface area contributed by atoms with Gasteiger partial charge in [0.25, 0.3) is 0 Å². The number of phenolic OH excluding ortho intramolecular Hbond substituents is 1. The van der Waals surface area contributed by atoms with Gasteiger partial charge in [-0.05, 0) is 48.7 Å². The van der Waals surface area contributed by atoms with Crippen LogP contribution in [0.4, 0.5) is 5.69 Å². The highest BCUT2D eigenvalue weighted by Crippen LogP contribution is 2.53. The molecule has 9 heteroatoms. The second-order valence-electron chi connectivity index (χ2n) is 8.69. The molecule has 168 valence electrons. The highest BCUT2D eigenvalue weighted by atomic mass is 79.9. The Labute approximate surface area is 198 Å². The van der Waals surface area contributed by atoms with Crippen molar-refractivity contribution < 1.29 is 24.6 Å². The summed E-state index contributed by atoms with van der Waals surface area (Å²) < 4.78 is 0.656. The summed E-state index contributed by atoms with van der Waals surface area (Å²) in [6.45, 7) is 3.72. The van der Waals surface area contributed by atoms with Crippen molar-refractivity contribution >= 4 is 51.0 Å². The van der Waals surface area contributed by atoms with Gasteiger partial charge in [0.2, 0.25) is 11.8 Å². The number of carbonyl (C=O) groups is 3. The largest absolute Gasteiger partial charge is 0.508 e. The molecule has 0 aliphatic carbocycles. The third-order valence-electron chi connectivity index (χ3n) is 6.16. The minimum Gasteiger partial charge on any atom is -0.508 e. The summed E-state index contributed by atoms with van der Waals surface area (Å²) in [6, 6.07) is 10.2. The van der Waals surface area contributed by atoms with Crippen LogP contribution in [0.15, 0.2) is 46.9 Å². The van der Waals surface area contributed by atoms with E-state index in [9.17, 15) is 24.6 Å². The molecule has 2 aromatic carbocycles. The Morgan fingerprint density at radius 1 is 1.22 bits per heavy atom. The fraction of sp³-hybridized carbons (Fsp3) is 0.348. The maximum absolute atomic E-state index is 13.6. The zero-order valence-corrected chi connectivity index (χ0v) is 19.7. The number of carboxylic acids is 1. The van der Waals surface area contributed by atoms with Crippen LogP contribution in [0, 0.1) is 17.8 Å². The number of carboxylic acid groups (broad SMARTS) is 1. The Morgan fingerprint density at radius 3 is 2.56 bits per heavy atom. The molecule has 3 N–H and O–H groups in total. The van der Waals surface area contributed by atoms with E-state index >= 15 is 0 Å². The van der Waals surface area contributed by atoms with E-state index in [1.165, 1.54) is 12.1 Å². The lowest BCUT2D eigenvalue weighted by Gasteiger charge is -2.32. The standard InChI is InChI=1S/C23H22BrClN2O5/c1-11(2)10-23(22(31)32)18-17(19(26-23)15-8-12(24)6-7-16(15)28)20(29)27(21(18)30)14-5-3-4-13(25)9-14/h3-9,11,17-19,26,28H,10H2,1-2H3,(H,31,32)/t17-,18+,19-,23+/m1/s1. The third-order valence-corrected chi connectivity index (χ3v) is 6.89. The van der Waals surface area contributed by atoms with Crippen LogP contribution >= 0.6 is 27.5 Å². The Kier molecular flexibility index (Phi) is 5.81. The van der Waals surface area contributed by atoms with Crippen molar-refractivity contribution in [3.8, 4) is 5.75 Å². The number of nitrogens with one attached hydrogen (secondary N) is 1. The summed E-state index contributed by atoms with van der Waals surface area (Å²) in [5.74, 6) is -4.62. The van der Waals surface area contributed by atoms with E-state index in [4.69, 9.17) is 11.6 Å². The number of carbonyl (C=O) groups excluding carboxylic acids is 2. The second kappa shape index (κ2) is 8.17. The van der Waals surface area contributed by atoms with Crippen molar-refractivity contribution in [2.24, 2.45) is 17.8 Å². The molecule has 2 aromatic rings. The van der Waals surface area contributed by atoms with Gasteiger partial charge in [0, 0.05) is 21.1 Å². The van der Waals surface area contributed by atoms with E-state index in [1.54, 1.807) is 30.3 Å². The molecule has 0 radical (unpaired) electrons. The Bertz CT molecular complexity index is 1120. The Balaban J connectivity index is 1.91. The van der Waals surface area contributed by atoms with Gasteiger partial charge < -0.3 is 10.2 Å². The maximum atomic E-state index is 13.6. The molecule has 0 aromatic heterocycles. The molecule has 0 unspecified atom stereocenters. The van der Waals surface area contributed by atoms with Crippen LogP contribution in [0.2, 0.25) is 5.02 Å². The normalized spacial score (nSPS) is 27.3.